The molecule has 0 bridgehead atoms. The van der Waals surface area contributed by atoms with Gasteiger partial charge in [-0.15, -0.1) is 0 Å². The molecule has 13 nitrogen and oxygen atoms in total. The highest BCUT2D eigenvalue weighted by Crippen LogP contribution is 2.19. The number of carboxylic acid groups (broad SMARTS) is 1. The van der Waals surface area contributed by atoms with Gasteiger partial charge in [0.2, 0.25) is 29.5 Å². The number of nitrogens with two attached hydrogens (primary N) is 3. The number of carbonyl (C=O) groups excluding carboxylic acids is 5. The summed E-state index contributed by atoms with van der Waals surface area (Å²) in [5.41, 5.74) is 15.9. The fraction of sp³-hybridized carbons (Fsp3) is 0.667. The van der Waals surface area contributed by atoms with Gasteiger partial charge in [-0.3, -0.25) is 24.0 Å². The number of aliphatic carboxylic acids is 1. The monoisotopic (exact) mass is 474 g/mol. The Bertz CT molecular complexity index is 749. The molecule has 0 saturated carbocycles. The largest absolute Gasteiger partial charge is 0.480 e. The number of hydrogen-bond acceptors (Lipinski definition) is 8. The quantitative estimate of drug-likeness (QED) is 0.134. The van der Waals surface area contributed by atoms with E-state index in [1.165, 1.54) is 4.90 Å². The molecule has 0 radical (unpaired) electrons. The molecule has 180 valence electrons. The van der Waals surface area contributed by atoms with E-state index in [9.17, 15) is 33.9 Å². The number of thiol groups is 1. The zero-order valence-electron chi connectivity index (χ0n) is 17.5. The van der Waals surface area contributed by atoms with Crippen LogP contribution in [-0.4, -0.2) is 82.0 Å². The van der Waals surface area contributed by atoms with Gasteiger partial charge in [-0.2, -0.15) is 12.6 Å². The van der Waals surface area contributed by atoms with E-state index < -0.39 is 59.7 Å². The maximum absolute atomic E-state index is 12.8. The average molecular weight is 475 g/mol. The highest BCUT2D eigenvalue weighted by Gasteiger charge is 2.38. The molecule has 4 unspecified atom stereocenters. The van der Waals surface area contributed by atoms with Crippen LogP contribution in [0.2, 0.25) is 0 Å². The number of primary amides is 2. The fourth-order valence-electron chi connectivity index (χ4n) is 3.21. The van der Waals surface area contributed by atoms with Crippen molar-refractivity contribution in [2.45, 2.75) is 62.7 Å². The summed E-state index contributed by atoms with van der Waals surface area (Å²) in [6.07, 6.45) is 0.232. The van der Waals surface area contributed by atoms with Crippen molar-refractivity contribution >= 4 is 48.1 Å². The SMILES string of the molecule is NC(=O)CCC(N)C(=O)NC(CCC(N)=O)C(=O)NC(CS)C(=O)N1CCCC1C(=O)O. The molecule has 1 aliphatic heterocycles. The van der Waals surface area contributed by atoms with Crippen molar-refractivity contribution in [3.8, 4) is 0 Å². The summed E-state index contributed by atoms with van der Waals surface area (Å²) in [6, 6.07) is -4.52. The Kier molecular flexibility index (Phi) is 10.9. The molecule has 0 aromatic rings. The van der Waals surface area contributed by atoms with Gasteiger partial charge in [-0.05, 0) is 25.7 Å². The molecule has 0 aliphatic carbocycles. The maximum Gasteiger partial charge on any atom is 0.326 e. The molecule has 1 fully saturated rings. The lowest BCUT2D eigenvalue weighted by Crippen LogP contribution is -2.57. The molecule has 14 heteroatoms. The van der Waals surface area contributed by atoms with Crippen LogP contribution in [0.3, 0.4) is 0 Å². The van der Waals surface area contributed by atoms with Crippen molar-refractivity contribution in [3.05, 3.63) is 0 Å². The summed E-state index contributed by atoms with van der Waals surface area (Å²) in [5.74, 6) is -4.78. The number of rotatable bonds is 13. The Labute approximate surface area is 190 Å². The normalized spacial score (nSPS) is 18.3. The van der Waals surface area contributed by atoms with E-state index >= 15 is 0 Å². The van der Waals surface area contributed by atoms with Crippen molar-refractivity contribution in [2.24, 2.45) is 17.2 Å². The number of nitrogens with one attached hydrogen (secondary N) is 2. The molecule has 1 heterocycles. The van der Waals surface area contributed by atoms with Crippen molar-refractivity contribution in [3.63, 3.8) is 0 Å². The van der Waals surface area contributed by atoms with E-state index in [2.05, 4.69) is 23.3 Å². The van der Waals surface area contributed by atoms with Gasteiger partial charge in [0.15, 0.2) is 0 Å². The molecule has 0 aromatic heterocycles. The predicted molar refractivity (Wildman–Crippen MR) is 115 cm³/mol. The Morgan fingerprint density at radius 1 is 0.969 bits per heavy atom. The highest BCUT2D eigenvalue weighted by molar-refractivity contribution is 7.80. The lowest BCUT2D eigenvalue weighted by molar-refractivity contribution is -0.149. The van der Waals surface area contributed by atoms with E-state index in [4.69, 9.17) is 17.2 Å². The summed E-state index contributed by atoms with van der Waals surface area (Å²) in [4.78, 5) is 72.4. The van der Waals surface area contributed by atoms with E-state index in [1.54, 1.807) is 0 Å². The van der Waals surface area contributed by atoms with Crippen LogP contribution in [0.15, 0.2) is 0 Å². The van der Waals surface area contributed by atoms with Crippen molar-refractivity contribution in [2.75, 3.05) is 12.3 Å². The second-order valence-electron chi connectivity index (χ2n) is 7.45. The number of hydrogen-bond donors (Lipinski definition) is 7. The van der Waals surface area contributed by atoms with Gasteiger partial charge in [0.05, 0.1) is 6.04 Å². The summed E-state index contributed by atoms with van der Waals surface area (Å²) < 4.78 is 0. The summed E-state index contributed by atoms with van der Waals surface area (Å²) in [7, 11) is 0. The molecule has 4 atom stereocenters. The number of carbonyl (C=O) groups is 6. The van der Waals surface area contributed by atoms with Gasteiger partial charge in [-0.25, -0.2) is 4.79 Å². The number of likely N-dealkylation sites (tertiary alicyclic amines) is 1. The van der Waals surface area contributed by atoms with E-state index in [0.29, 0.717) is 12.8 Å². The topological polar surface area (TPSA) is 228 Å². The van der Waals surface area contributed by atoms with Crippen LogP contribution in [0.4, 0.5) is 0 Å². The van der Waals surface area contributed by atoms with Crippen LogP contribution in [-0.2, 0) is 28.8 Å². The van der Waals surface area contributed by atoms with Crippen molar-refractivity contribution in [1.82, 2.24) is 15.5 Å². The standard InChI is InChI=1S/C18H30N6O7S/c19-9(3-5-13(20)25)15(27)22-10(4-6-14(21)26)16(28)23-11(8-32)17(29)24-7-1-2-12(24)18(30)31/h9-12,32H,1-8,19H2,(H2,20,25)(H2,21,26)(H,22,27)(H,23,28)(H,30,31). The van der Waals surface area contributed by atoms with Gasteiger partial charge < -0.3 is 37.8 Å². The Morgan fingerprint density at radius 3 is 2.06 bits per heavy atom. The van der Waals surface area contributed by atoms with Crippen LogP contribution < -0.4 is 27.8 Å². The van der Waals surface area contributed by atoms with Crippen molar-refractivity contribution < 1.29 is 33.9 Å². The molecular weight excluding hydrogens is 444 g/mol. The summed E-state index contributed by atoms with van der Waals surface area (Å²) in [6.45, 7) is 0.229. The molecule has 5 amide bonds. The second kappa shape index (κ2) is 12.9. The first kappa shape index (κ1) is 27.2. The Hall–Kier alpha value is -2.87. The lowest BCUT2D eigenvalue weighted by atomic mass is 10.1. The zero-order valence-corrected chi connectivity index (χ0v) is 18.4. The Balaban J connectivity index is 2.87. The van der Waals surface area contributed by atoms with Crippen LogP contribution in [0.1, 0.15) is 38.5 Å². The third-order valence-electron chi connectivity index (χ3n) is 4.97. The van der Waals surface area contributed by atoms with Gasteiger partial charge >= 0.3 is 5.97 Å². The van der Waals surface area contributed by atoms with Gasteiger partial charge in [-0.1, -0.05) is 0 Å². The average Bonchev–Trinajstić information content (AvgIpc) is 3.22. The molecular formula is C18H30N6O7S. The Morgan fingerprint density at radius 2 is 1.53 bits per heavy atom. The minimum atomic E-state index is -1.25. The van der Waals surface area contributed by atoms with E-state index in [0.717, 1.165) is 0 Å². The first-order valence-corrected chi connectivity index (χ1v) is 10.7. The van der Waals surface area contributed by atoms with Crippen LogP contribution in [0.5, 0.6) is 0 Å². The molecule has 9 N–H and O–H groups in total. The first-order valence-electron chi connectivity index (χ1n) is 10.0. The summed E-state index contributed by atoms with van der Waals surface area (Å²) in [5, 5.41) is 14.1. The molecule has 1 rings (SSSR count). The van der Waals surface area contributed by atoms with Gasteiger partial charge in [0.25, 0.3) is 0 Å². The highest BCUT2D eigenvalue weighted by atomic mass is 32.1. The number of nitrogens with zero attached hydrogens (tertiary/aromatic N) is 1. The van der Waals surface area contributed by atoms with Crippen LogP contribution in [0, 0.1) is 0 Å². The number of amides is 5. The third-order valence-corrected chi connectivity index (χ3v) is 5.33. The minimum absolute atomic E-state index is 0.0470. The van der Waals surface area contributed by atoms with Crippen LogP contribution in [0.25, 0.3) is 0 Å². The predicted octanol–water partition coefficient (Wildman–Crippen LogP) is -3.18. The molecule has 32 heavy (non-hydrogen) atoms. The maximum atomic E-state index is 12.8. The van der Waals surface area contributed by atoms with Gasteiger partial charge in [0, 0.05) is 25.1 Å². The van der Waals surface area contributed by atoms with Gasteiger partial charge in [0.1, 0.15) is 18.1 Å². The third kappa shape index (κ3) is 8.34. The zero-order chi connectivity index (χ0) is 24.4. The fourth-order valence-corrected chi connectivity index (χ4v) is 3.46. The molecule has 1 saturated heterocycles. The van der Waals surface area contributed by atoms with Crippen molar-refractivity contribution in [1.29, 1.82) is 0 Å². The van der Waals surface area contributed by atoms with Crippen LogP contribution >= 0.6 is 12.6 Å². The second-order valence-corrected chi connectivity index (χ2v) is 7.81. The van der Waals surface area contributed by atoms with E-state index in [-0.39, 0.29) is 38.0 Å². The minimum Gasteiger partial charge on any atom is -0.480 e. The molecule has 0 aromatic carbocycles. The summed E-state index contributed by atoms with van der Waals surface area (Å²) >= 11 is 4.07. The van der Waals surface area contributed by atoms with E-state index in [1.807, 2.05) is 0 Å². The first-order chi connectivity index (χ1) is 15.0. The number of carboxylic acids is 1. The smallest absolute Gasteiger partial charge is 0.326 e. The molecule has 1 aliphatic rings. The molecule has 0 spiro atoms. The lowest BCUT2D eigenvalue weighted by Gasteiger charge is -2.28.